The Bertz CT molecular complexity index is 1520. The first-order valence-corrected chi connectivity index (χ1v) is 12.3. The Labute approximate surface area is 195 Å². The van der Waals surface area contributed by atoms with Gasteiger partial charge in [-0.25, -0.2) is 9.37 Å². The van der Waals surface area contributed by atoms with Crippen LogP contribution in [0.5, 0.6) is 0 Å². The van der Waals surface area contributed by atoms with E-state index in [1.165, 1.54) is 33.5 Å². The largest absolute Gasteiger partial charge is 0.461 e. The molecule has 5 aromatic rings. The van der Waals surface area contributed by atoms with E-state index in [0.29, 0.717) is 32.8 Å². The van der Waals surface area contributed by atoms with Crippen LogP contribution in [0.25, 0.3) is 27.5 Å². The zero-order valence-corrected chi connectivity index (χ0v) is 18.9. The standard InChI is InChI=1S/C23H17FN4O3S2/c24-14-7-2-3-8-15(14)28-22(29)19-13-6-1-4-10-17(13)33-21(19)26-23(28)32-12-18-25-20(27-31-18)16-9-5-11-30-16/h2-3,5,7-9,11H,1,4,6,10,12H2. The lowest BCUT2D eigenvalue weighted by Crippen LogP contribution is -2.23. The number of para-hydroxylation sites is 1. The summed E-state index contributed by atoms with van der Waals surface area (Å²) in [5, 5.41) is 4.93. The fraction of sp³-hybridized carbons (Fsp3) is 0.217. The van der Waals surface area contributed by atoms with Gasteiger partial charge in [-0.1, -0.05) is 29.1 Å². The zero-order valence-electron chi connectivity index (χ0n) is 17.3. The normalized spacial score (nSPS) is 13.5. The fourth-order valence-corrected chi connectivity index (χ4v) is 6.22. The van der Waals surface area contributed by atoms with Gasteiger partial charge in [0.1, 0.15) is 10.6 Å². The highest BCUT2D eigenvalue weighted by atomic mass is 32.2. The molecule has 33 heavy (non-hydrogen) atoms. The van der Waals surface area contributed by atoms with Gasteiger partial charge in [0.15, 0.2) is 10.9 Å². The highest BCUT2D eigenvalue weighted by Gasteiger charge is 2.24. The van der Waals surface area contributed by atoms with Gasteiger partial charge in [-0.3, -0.25) is 9.36 Å². The molecule has 0 unspecified atom stereocenters. The van der Waals surface area contributed by atoms with Crippen LogP contribution in [0.3, 0.4) is 0 Å². The smallest absolute Gasteiger partial charge is 0.267 e. The monoisotopic (exact) mass is 480 g/mol. The van der Waals surface area contributed by atoms with Crippen molar-refractivity contribution in [2.75, 3.05) is 0 Å². The lowest BCUT2D eigenvalue weighted by molar-refractivity contribution is 0.390. The number of furan rings is 1. The van der Waals surface area contributed by atoms with Crippen molar-refractivity contribution in [1.82, 2.24) is 19.7 Å². The maximum Gasteiger partial charge on any atom is 0.267 e. The topological polar surface area (TPSA) is 86.9 Å². The summed E-state index contributed by atoms with van der Waals surface area (Å²) >= 11 is 2.82. The summed E-state index contributed by atoms with van der Waals surface area (Å²) in [5.41, 5.74) is 1.01. The first kappa shape index (κ1) is 20.4. The average molecular weight is 481 g/mol. The van der Waals surface area contributed by atoms with Crippen molar-refractivity contribution >= 4 is 33.3 Å². The Morgan fingerprint density at radius 1 is 1.12 bits per heavy atom. The molecule has 0 spiro atoms. The Kier molecular flexibility index (Phi) is 5.11. The Morgan fingerprint density at radius 3 is 2.85 bits per heavy atom. The van der Waals surface area contributed by atoms with Gasteiger partial charge in [0, 0.05) is 4.88 Å². The number of fused-ring (bicyclic) bond motifs is 3. The molecule has 0 aliphatic heterocycles. The summed E-state index contributed by atoms with van der Waals surface area (Å²) in [6.07, 6.45) is 5.50. The number of hydrogen-bond acceptors (Lipinski definition) is 8. The molecule has 0 saturated carbocycles. The van der Waals surface area contributed by atoms with Gasteiger partial charge in [-0.15, -0.1) is 11.3 Å². The zero-order chi connectivity index (χ0) is 22.4. The molecule has 7 nitrogen and oxygen atoms in total. The second-order valence-electron chi connectivity index (χ2n) is 7.66. The molecule has 0 atom stereocenters. The molecule has 0 amide bonds. The van der Waals surface area contributed by atoms with Crippen molar-refractivity contribution in [3.8, 4) is 17.3 Å². The van der Waals surface area contributed by atoms with Crippen LogP contribution in [-0.2, 0) is 18.6 Å². The van der Waals surface area contributed by atoms with E-state index in [0.717, 1.165) is 31.2 Å². The summed E-state index contributed by atoms with van der Waals surface area (Å²) in [4.78, 5) is 24.7. The second kappa shape index (κ2) is 8.27. The van der Waals surface area contributed by atoms with Crippen molar-refractivity contribution in [2.24, 2.45) is 0 Å². The lowest BCUT2D eigenvalue weighted by atomic mass is 9.97. The second-order valence-corrected chi connectivity index (χ2v) is 9.68. The van der Waals surface area contributed by atoms with Crippen LogP contribution in [0.1, 0.15) is 29.2 Å². The third-order valence-corrected chi connectivity index (χ3v) is 7.69. The van der Waals surface area contributed by atoms with Crippen LogP contribution in [0, 0.1) is 5.82 Å². The molecule has 166 valence electrons. The number of nitrogens with zero attached hydrogens (tertiary/aromatic N) is 4. The molecule has 6 rings (SSSR count). The first-order chi connectivity index (χ1) is 16.2. The molecule has 1 aromatic carbocycles. The number of benzene rings is 1. The van der Waals surface area contributed by atoms with Crippen molar-refractivity contribution in [2.45, 2.75) is 36.6 Å². The molecule has 1 aliphatic carbocycles. The van der Waals surface area contributed by atoms with Crippen LogP contribution < -0.4 is 5.56 Å². The Balaban J connectivity index is 1.44. The maximum atomic E-state index is 14.8. The van der Waals surface area contributed by atoms with E-state index in [-0.39, 0.29) is 17.0 Å². The van der Waals surface area contributed by atoms with E-state index < -0.39 is 5.82 Å². The molecular formula is C23H17FN4O3S2. The van der Waals surface area contributed by atoms with E-state index in [4.69, 9.17) is 13.9 Å². The van der Waals surface area contributed by atoms with Gasteiger partial charge < -0.3 is 8.94 Å². The third kappa shape index (κ3) is 3.59. The maximum absolute atomic E-state index is 14.8. The van der Waals surface area contributed by atoms with Gasteiger partial charge in [-0.2, -0.15) is 4.98 Å². The third-order valence-electron chi connectivity index (χ3n) is 5.59. The van der Waals surface area contributed by atoms with E-state index in [9.17, 15) is 9.18 Å². The van der Waals surface area contributed by atoms with Crippen LogP contribution in [0.2, 0.25) is 0 Å². The molecule has 0 bridgehead atoms. The minimum atomic E-state index is -0.482. The van der Waals surface area contributed by atoms with Crippen molar-refractivity contribution < 1.29 is 13.3 Å². The molecule has 0 radical (unpaired) electrons. The number of thiophene rings is 1. The summed E-state index contributed by atoms with van der Waals surface area (Å²) in [6.45, 7) is 0. The summed E-state index contributed by atoms with van der Waals surface area (Å²) in [6, 6.07) is 9.73. The first-order valence-electron chi connectivity index (χ1n) is 10.5. The van der Waals surface area contributed by atoms with Crippen molar-refractivity contribution in [3.05, 3.63) is 75.2 Å². The Morgan fingerprint density at radius 2 is 2.00 bits per heavy atom. The van der Waals surface area contributed by atoms with E-state index in [1.807, 2.05) is 0 Å². The molecule has 0 N–H and O–H groups in total. The van der Waals surface area contributed by atoms with Gasteiger partial charge in [-0.05, 0) is 55.5 Å². The average Bonchev–Trinajstić information content (AvgIpc) is 3.57. The molecular weight excluding hydrogens is 463 g/mol. The highest BCUT2D eigenvalue weighted by molar-refractivity contribution is 7.98. The van der Waals surface area contributed by atoms with Gasteiger partial charge in [0.2, 0.25) is 11.7 Å². The molecule has 0 fully saturated rings. The van der Waals surface area contributed by atoms with Crippen molar-refractivity contribution in [3.63, 3.8) is 0 Å². The number of aryl methyl sites for hydroxylation is 2. The summed E-state index contributed by atoms with van der Waals surface area (Å²) < 4.78 is 26.8. The van der Waals surface area contributed by atoms with E-state index >= 15 is 0 Å². The number of aromatic nitrogens is 4. The quantitative estimate of drug-likeness (QED) is 0.246. The number of rotatable bonds is 5. The summed E-state index contributed by atoms with van der Waals surface area (Å²) in [5.74, 6) is 0.986. The minimum Gasteiger partial charge on any atom is -0.461 e. The van der Waals surface area contributed by atoms with Crippen LogP contribution in [-0.4, -0.2) is 19.7 Å². The SMILES string of the molecule is O=c1c2c3c(sc2nc(SCc2nc(-c4ccco4)no2)n1-c1ccccc1F)CCCC3. The van der Waals surface area contributed by atoms with Crippen molar-refractivity contribution in [1.29, 1.82) is 0 Å². The number of halogens is 1. The van der Waals surface area contributed by atoms with E-state index in [2.05, 4.69) is 10.1 Å². The van der Waals surface area contributed by atoms with Gasteiger partial charge >= 0.3 is 0 Å². The van der Waals surface area contributed by atoms with Crippen LogP contribution >= 0.6 is 23.1 Å². The molecule has 4 heterocycles. The summed E-state index contributed by atoms with van der Waals surface area (Å²) in [7, 11) is 0. The molecule has 1 aliphatic rings. The number of hydrogen-bond donors (Lipinski definition) is 0. The number of thioether (sulfide) groups is 1. The predicted molar refractivity (Wildman–Crippen MR) is 123 cm³/mol. The van der Waals surface area contributed by atoms with Gasteiger partial charge in [0.05, 0.1) is 23.1 Å². The minimum absolute atomic E-state index is 0.178. The molecule has 10 heteroatoms. The lowest BCUT2D eigenvalue weighted by Gasteiger charge is -2.13. The Hall–Kier alpha value is -3.24. The van der Waals surface area contributed by atoms with Gasteiger partial charge in [0.25, 0.3) is 5.56 Å². The highest BCUT2D eigenvalue weighted by Crippen LogP contribution is 2.36. The van der Waals surface area contributed by atoms with E-state index in [1.54, 1.807) is 41.7 Å². The molecule has 4 aromatic heterocycles. The molecule has 0 saturated heterocycles. The van der Waals surface area contributed by atoms with Crippen LogP contribution in [0.15, 0.2) is 61.6 Å². The predicted octanol–water partition coefficient (Wildman–Crippen LogP) is 5.40. The fourth-order valence-electron chi connectivity index (χ4n) is 4.07. The van der Waals surface area contributed by atoms with Crippen LogP contribution in [0.4, 0.5) is 4.39 Å².